The minimum absolute atomic E-state index is 0.390. The van der Waals surface area contributed by atoms with Crippen LogP contribution in [0.1, 0.15) is 5.56 Å². The molecule has 0 atom stereocenters. The fourth-order valence-corrected chi connectivity index (χ4v) is 2.32. The van der Waals surface area contributed by atoms with Crippen molar-refractivity contribution in [1.82, 2.24) is 5.43 Å². The number of carbonyl (C=O) groups excluding carboxylic acids is 1. The predicted molar refractivity (Wildman–Crippen MR) is 101 cm³/mol. The topological polar surface area (TPSA) is 79.5 Å². The molecule has 7 heteroatoms. The second-order valence-electron chi connectivity index (χ2n) is 4.26. The lowest BCUT2D eigenvalue weighted by Crippen LogP contribution is -2.30. The van der Waals surface area contributed by atoms with Gasteiger partial charge in [-0.1, -0.05) is 42.5 Å². The average Bonchev–Trinajstić information content (AvgIpc) is 2.50. The number of primary amides is 1. The summed E-state index contributed by atoms with van der Waals surface area (Å²) in [5.41, 5.74) is 9.34. The first-order chi connectivity index (χ1) is 10.6. The molecule has 0 aliphatic rings. The van der Waals surface area contributed by atoms with E-state index in [1.165, 1.54) is 0 Å². The molecule has 22 heavy (non-hydrogen) atoms. The van der Waals surface area contributed by atoms with Crippen LogP contribution in [0.2, 0.25) is 0 Å². The third-order valence-electron chi connectivity index (χ3n) is 2.64. The first kappa shape index (κ1) is 16.4. The Balaban J connectivity index is 2.24. The van der Waals surface area contributed by atoms with E-state index < -0.39 is 6.03 Å². The van der Waals surface area contributed by atoms with E-state index in [4.69, 9.17) is 18.0 Å². The number of hydrazone groups is 1. The second kappa shape index (κ2) is 7.85. The Labute approximate surface area is 147 Å². The number of anilines is 1. The lowest BCUT2D eigenvalue weighted by atomic mass is 10.1. The molecule has 2 aromatic rings. The van der Waals surface area contributed by atoms with Crippen molar-refractivity contribution in [1.29, 1.82) is 0 Å². The minimum Gasteiger partial charge on any atom is -0.350 e. The van der Waals surface area contributed by atoms with E-state index in [-0.39, 0.29) is 0 Å². The van der Waals surface area contributed by atoms with E-state index in [0.29, 0.717) is 10.7 Å². The van der Waals surface area contributed by atoms with E-state index >= 15 is 0 Å². The van der Waals surface area contributed by atoms with Gasteiger partial charge in [-0.25, -0.2) is 10.2 Å². The van der Waals surface area contributed by atoms with Crippen LogP contribution in [0.5, 0.6) is 0 Å². The number of nitrogens with one attached hydrogen (secondary N) is 2. The SMILES string of the molecule is NC(=O)N/N=C(/C(=S)Nc1ccc(I)cc1)c1ccccc1. The summed E-state index contributed by atoms with van der Waals surface area (Å²) >= 11 is 7.62. The van der Waals surface area contributed by atoms with Gasteiger partial charge in [-0.3, -0.25) is 0 Å². The molecule has 0 saturated carbocycles. The zero-order valence-corrected chi connectivity index (χ0v) is 14.4. The summed E-state index contributed by atoms with van der Waals surface area (Å²) in [6, 6.07) is 16.3. The fraction of sp³-hybridized carbons (Fsp3) is 0. The molecule has 0 radical (unpaired) electrons. The maximum atomic E-state index is 10.9. The number of hydrogen-bond acceptors (Lipinski definition) is 3. The van der Waals surface area contributed by atoms with Crippen LogP contribution < -0.4 is 16.5 Å². The van der Waals surface area contributed by atoms with Crippen LogP contribution in [0, 0.1) is 3.57 Å². The molecule has 0 aromatic heterocycles. The number of carbonyl (C=O) groups is 1. The van der Waals surface area contributed by atoms with Crippen LogP contribution in [0.3, 0.4) is 0 Å². The van der Waals surface area contributed by atoms with Gasteiger partial charge >= 0.3 is 6.03 Å². The fourth-order valence-electron chi connectivity index (χ4n) is 1.68. The third-order valence-corrected chi connectivity index (χ3v) is 3.66. The van der Waals surface area contributed by atoms with Gasteiger partial charge in [0.25, 0.3) is 0 Å². The normalized spacial score (nSPS) is 10.9. The Hall–Kier alpha value is -2.00. The van der Waals surface area contributed by atoms with Crippen molar-refractivity contribution < 1.29 is 4.79 Å². The number of amides is 2. The molecule has 112 valence electrons. The average molecular weight is 424 g/mol. The standard InChI is InChI=1S/C15H13IN4OS/c16-11-6-8-12(9-7-11)18-14(22)13(19-20-15(17)21)10-4-2-1-3-5-10/h1-9H,(H,18,22)(H3,17,20,21)/b19-13+. The van der Waals surface area contributed by atoms with Crippen molar-refractivity contribution in [3.8, 4) is 0 Å². The molecule has 0 bridgehead atoms. The summed E-state index contributed by atoms with van der Waals surface area (Å²) < 4.78 is 1.13. The monoisotopic (exact) mass is 424 g/mol. The van der Waals surface area contributed by atoms with Crippen LogP contribution in [0.15, 0.2) is 59.7 Å². The molecule has 2 aromatic carbocycles. The van der Waals surface area contributed by atoms with E-state index in [1.54, 1.807) is 0 Å². The lowest BCUT2D eigenvalue weighted by molar-refractivity contribution is 0.249. The molecule has 4 N–H and O–H groups in total. The predicted octanol–water partition coefficient (Wildman–Crippen LogP) is 3.10. The van der Waals surface area contributed by atoms with Crippen LogP contribution in [-0.2, 0) is 0 Å². The molecule has 0 spiro atoms. The molecule has 0 aliphatic heterocycles. The molecule has 0 saturated heterocycles. The zero-order chi connectivity index (χ0) is 15.9. The van der Waals surface area contributed by atoms with E-state index in [2.05, 4.69) is 38.4 Å². The maximum absolute atomic E-state index is 10.9. The van der Waals surface area contributed by atoms with Crippen LogP contribution in [0.25, 0.3) is 0 Å². The molecule has 5 nitrogen and oxygen atoms in total. The number of urea groups is 1. The molecular formula is C15H13IN4OS. The summed E-state index contributed by atoms with van der Waals surface area (Å²) in [6.07, 6.45) is 0. The minimum atomic E-state index is -0.745. The molecule has 0 aliphatic carbocycles. The lowest BCUT2D eigenvalue weighted by Gasteiger charge is -2.11. The zero-order valence-electron chi connectivity index (χ0n) is 11.4. The number of nitrogens with zero attached hydrogens (tertiary/aromatic N) is 1. The van der Waals surface area contributed by atoms with Crippen LogP contribution in [-0.4, -0.2) is 16.7 Å². The van der Waals surface area contributed by atoms with Crippen molar-refractivity contribution in [2.75, 3.05) is 5.32 Å². The molecule has 0 heterocycles. The third kappa shape index (κ3) is 4.78. The number of benzene rings is 2. The number of nitrogens with two attached hydrogens (primary N) is 1. The molecule has 2 amide bonds. The van der Waals surface area contributed by atoms with Gasteiger partial charge in [0.2, 0.25) is 0 Å². The van der Waals surface area contributed by atoms with Crippen molar-refractivity contribution in [3.63, 3.8) is 0 Å². The van der Waals surface area contributed by atoms with Gasteiger partial charge in [-0.05, 0) is 46.9 Å². The number of hydrogen-bond donors (Lipinski definition) is 3. The van der Waals surface area contributed by atoms with Crippen molar-refractivity contribution in [2.24, 2.45) is 10.8 Å². The number of halogens is 1. The largest absolute Gasteiger partial charge is 0.350 e. The van der Waals surface area contributed by atoms with Crippen molar-refractivity contribution in [3.05, 3.63) is 63.7 Å². The summed E-state index contributed by atoms with van der Waals surface area (Å²) in [6.45, 7) is 0. The number of thiocarbonyl (C=S) groups is 1. The van der Waals surface area contributed by atoms with Crippen LogP contribution >= 0.6 is 34.8 Å². The highest BCUT2D eigenvalue weighted by molar-refractivity contribution is 14.1. The smallest absolute Gasteiger partial charge is 0.332 e. The van der Waals surface area contributed by atoms with Gasteiger partial charge in [0.05, 0.1) is 0 Å². The maximum Gasteiger partial charge on any atom is 0.332 e. The van der Waals surface area contributed by atoms with E-state index in [9.17, 15) is 4.79 Å². The summed E-state index contributed by atoms with van der Waals surface area (Å²) in [5.74, 6) is 0. The Morgan fingerprint density at radius 3 is 2.32 bits per heavy atom. The quantitative estimate of drug-likeness (QED) is 0.306. The Bertz CT molecular complexity index is 701. The Morgan fingerprint density at radius 1 is 1.09 bits per heavy atom. The molecule has 0 unspecified atom stereocenters. The molecular weight excluding hydrogens is 411 g/mol. The van der Waals surface area contributed by atoms with Gasteiger partial charge in [0.1, 0.15) is 10.7 Å². The first-order valence-corrected chi connectivity index (χ1v) is 7.80. The molecule has 0 fully saturated rings. The van der Waals surface area contributed by atoms with E-state index in [0.717, 1.165) is 14.8 Å². The number of rotatable bonds is 4. The van der Waals surface area contributed by atoms with E-state index in [1.807, 2.05) is 54.6 Å². The Morgan fingerprint density at radius 2 is 1.73 bits per heavy atom. The first-order valence-electron chi connectivity index (χ1n) is 6.32. The van der Waals surface area contributed by atoms with Gasteiger partial charge in [0, 0.05) is 14.8 Å². The van der Waals surface area contributed by atoms with Gasteiger partial charge < -0.3 is 11.1 Å². The summed E-state index contributed by atoms with van der Waals surface area (Å²) in [7, 11) is 0. The molecule has 2 rings (SSSR count). The van der Waals surface area contributed by atoms with Gasteiger partial charge in [-0.2, -0.15) is 5.10 Å². The highest BCUT2D eigenvalue weighted by Crippen LogP contribution is 2.12. The second-order valence-corrected chi connectivity index (χ2v) is 5.92. The van der Waals surface area contributed by atoms with Crippen molar-refractivity contribution in [2.45, 2.75) is 0 Å². The van der Waals surface area contributed by atoms with Gasteiger partial charge in [-0.15, -0.1) is 0 Å². The Kier molecular flexibility index (Phi) is 5.84. The van der Waals surface area contributed by atoms with Gasteiger partial charge in [0.15, 0.2) is 0 Å². The van der Waals surface area contributed by atoms with Crippen molar-refractivity contribution >= 4 is 57.2 Å². The highest BCUT2D eigenvalue weighted by atomic mass is 127. The highest BCUT2D eigenvalue weighted by Gasteiger charge is 2.11. The summed E-state index contributed by atoms with van der Waals surface area (Å²) in [4.78, 5) is 11.3. The summed E-state index contributed by atoms with van der Waals surface area (Å²) in [5, 5.41) is 7.09. The van der Waals surface area contributed by atoms with Crippen LogP contribution in [0.4, 0.5) is 10.5 Å².